The molecule has 0 amide bonds. The van der Waals surface area contributed by atoms with Gasteiger partial charge in [0.1, 0.15) is 11.7 Å². The summed E-state index contributed by atoms with van der Waals surface area (Å²) in [5.41, 5.74) is 7.96. The fourth-order valence-corrected chi connectivity index (χ4v) is 5.92. The van der Waals surface area contributed by atoms with Crippen molar-refractivity contribution in [3.8, 4) is 22.5 Å². The SMILES string of the molecule is Clc1c(-c2ccc(-c3[nH]c4cc(C5=NCCCN5)ccc4c3Cl)cc2)[nH]c2cc(C3=NCCCN3)ccc12. The largest absolute Gasteiger partial charge is 0.370 e. The molecule has 0 radical (unpaired) electrons. The molecule has 2 aliphatic rings. The van der Waals surface area contributed by atoms with Gasteiger partial charge in [-0.3, -0.25) is 9.98 Å². The zero-order valence-corrected chi connectivity index (χ0v) is 22.2. The lowest BCUT2D eigenvalue weighted by molar-refractivity contribution is 0.742. The minimum atomic E-state index is 0.716. The molecule has 4 N–H and O–H groups in total. The van der Waals surface area contributed by atoms with Gasteiger partial charge in [-0.25, -0.2) is 0 Å². The van der Waals surface area contributed by atoms with Crippen molar-refractivity contribution >= 4 is 56.7 Å². The number of nitrogens with one attached hydrogen (secondary N) is 4. The van der Waals surface area contributed by atoms with Gasteiger partial charge in [0.05, 0.1) is 21.4 Å². The summed E-state index contributed by atoms with van der Waals surface area (Å²) in [5.74, 6) is 1.89. The van der Waals surface area contributed by atoms with Crippen LogP contribution in [-0.2, 0) is 0 Å². The molecule has 4 heterocycles. The molecule has 0 aliphatic carbocycles. The van der Waals surface area contributed by atoms with Gasteiger partial charge < -0.3 is 20.6 Å². The molecule has 0 atom stereocenters. The van der Waals surface area contributed by atoms with Gasteiger partial charge in [-0.2, -0.15) is 0 Å². The lowest BCUT2D eigenvalue weighted by atomic mass is 10.1. The van der Waals surface area contributed by atoms with E-state index in [4.69, 9.17) is 23.2 Å². The number of nitrogens with zero attached hydrogens (tertiary/aromatic N) is 2. The number of aliphatic imine (C=N–C) groups is 2. The normalized spacial score (nSPS) is 15.7. The van der Waals surface area contributed by atoms with Crippen molar-refractivity contribution in [1.82, 2.24) is 20.6 Å². The molecule has 38 heavy (non-hydrogen) atoms. The zero-order valence-electron chi connectivity index (χ0n) is 20.7. The third-order valence-electron chi connectivity index (χ3n) is 7.27. The molecule has 0 spiro atoms. The second-order valence-electron chi connectivity index (χ2n) is 9.75. The number of hydrogen-bond donors (Lipinski definition) is 4. The van der Waals surface area contributed by atoms with Gasteiger partial charge in [0.2, 0.25) is 0 Å². The molecule has 5 aromatic rings. The number of aromatic nitrogens is 2. The van der Waals surface area contributed by atoms with Crippen molar-refractivity contribution in [3.63, 3.8) is 0 Å². The number of H-pyrrole nitrogens is 2. The fraction of sp³-hybridized carbons (Fsp3) is 0.200. The van der Waals surface area contributed by atoms with Crippen molar-refractivity contribution < 1.29 is 0 Å². The number of aromatic amines is 2. The Bertz CT molecular complexity index is 1610. The Balaban J connectivity index is 1.21. The van der Waals surface area contributed by atoms with Gasteiger partial charge in [-0.05, 0) is 36.1 Å². The Kier molecular flexibility index (Phi) is 5.87. The van der Waals surface area contributed by atoms with E-state index in [0.29, 0.717) is 10.0 Å². The molecule has 3 aromatic carbocycles. The van der Waals surface area contributed by atoms with Gasteiger partial charge in [0.25, 0.3) is 0 Å². The number of amidine groups is 2. The first kappa shape index (κ1) is 23.4. The summed E-state index contributed by atoms with van der Waals surface area (Å²) in [4.78, 5) is 16.3. The highest BCUT2D eigenvalue weighted by Crippen LogP contribution is 2.38. The molecular weight excluding hydrogens is 515 g/mol. The van der Waals surface area contributed by atoms with Crippen LogP contribution in [0.1, 0.15) is 24.0 Å². The van der Waals surface area contributed by atoms with E-state index >= 15 is 0 Å². The van der Waals surface area contributed by atoms with E-state index in [1.54, 1.807) is 0 Å². The number of fused-ring (bicyclic) bond motifs is 2. The van der Waals surface area contributed by atoms with E-state index < -0.39 is 0 Å². The number of rotatable bonds is 4. The van der Waals surface area contributed by atoms with E-state index in [-0.39, 0.29) is 0 Å². The highest BCUT2D eigenvalue weighted by Gasteiger charge is 2.17. The maximum Gasteiger partial charge on any atom is 0.128 e. The van der Waals surface area contributed by atoms with E-state index in [0.717, 1.165) is 106 Å². The van der Waals surface area contributed by atoms with E-state index in [1.807, 2.05) is 0 Å². The van der Waals surface area contributed by atoms with Gasteiger partial charge in [-0.1, -0.05) is 71.7 Å². The van der Waals surface area contributed by atoms with Crippen LogP contribution in [0.25, 0.3) is 44.3 Å². The predicted octanol–water partition coefficient (Wildman–Crippen LogP) is 6.77. The number of halogens is 2. The summed E-state index contributed by atoms with van der Waals surface area (Å²) in [6.45, 7) is 3.62. The minimum Gasteiger partial charge on any atom is -0.370 e. The molecule has 6 nitrogen and oxygen atoms in total. The Labute approximate surface area is 230 Å². The van der Waals surface area contributed by atoms with Crippen LogP contribution in [0.5, 0.6) is 0 Å². The maximum absolute atomic E-state index is 6.82. The van der Waals surface area contributed by atoms with Crippen LogP contribution in [0.4, 0.5) is 0 Å². The average Bonchev–Trinajstić information content (AvgIpc) is 3.49. The molecule has 0 fully saturated rings. The Morgan fingerprint density at radius 3 is 1.37 bits per heavy atom. The Hall–Kier alpha value is -3.74. The maximum atomic E-state index is 6.82. The van der Waals surface area contributed by atoms with Gasteiger partial charge in [-0.15, -0.1) is 0 Å². The van der Waals surface area contributed by atoms with Crippen molar-refractivity contribution in [3.05, 3.63) is 81.8 Å². The van der Waals surface area contributed by atoms with Crippen LogP contribution in [-0.4, -0.2) is 47.8 Å². The lowest BCUT2D eigenvalue weighted by Crippen LogP contribution is -2.30. The van der Waals surface area contributed by atoms with Crippen molar-refractivity contribution in [1.29, 1.82) is 0 Å². The van der Waals surface area contributed by atoms with Crippen molar-refractivity contribution in [2.75, 3.05) is 26.2 Å². The first-order valence-corrected chi connectivity index (χ1v) is 13.7. The van der Waals surface area contributed by atoms with Gasteiger partial charge in [0, 0.05) is 59.1 Å². The fourth-order valence-electron chi connectivity index (χ4n) is 5.27. The third-order valence-corrected chi connectivity index (χ3v) is 8.06. The van der Waals surface area contributed by atoms with Crippen molar-refractivity contribution in [2.24, 2.45) is 9.98 Å². The molecule has 0 saturated carbocycles. The second-order valence-corrected chi connectivity index (χ2v) is 10.5. The highest BCUT2D eigenvalue weighted by atomic mass is 35.5. The van der Waals surface area contributed by atoms with E-state index in [1.165, 1.54) is 0 Å². The molecular formula is C30H26Cl2N6. The summed E-state index contributed by atoms with van der Waals surface area (Å²) < 4.78 is 0. The molecule has 0 bridgehead atoms. The smallest absolute Gasteiger partial charge is 0.128 e. The molecule has 2 aliphatic heterocycles. The van der Waals surface area contributed by atoms with Crippen LogP contribution in [0.3, 0.4) is 0 Å². The second kappa shape index (κ2) is 9.53. The topological polar surface area (TPSA) is 80.4 Å². The summed E-state index contributed by atoms with van der Waals surface area (Å²) in [7, 11) is 0. The van der Waals surface area contributed by atoms with Crippen LogP contribution in [0.2, 0.25) is 10.0 Å². The first-order valence-electron chi connectivity index (χ1n) is 13.0. The Morgan fingerprint density at radius 1 is 0.553 bits per heavy atom. The lowest BCUT2D eigenvalue weighted by Gasteiger charge is -2.14. The molecule has 7 rings (SSSR count). The molecule has 8 heteroatoms. The summed E-state index contributed by atoms with van der Waals surface area (Å²) >= 11 is 13.6. The predicted molar refractivity (Wildman–Crippen MR) is 159 cm³/mol. The number of hydrogen-bond acceptors (Lipinski definition) is 4. The van der Waals surface area contributed by atoms with Gasteiger partial charge >= 0.3 is 0 Å². The van der Waals surface area contributed by atoms with Crippen molar-refractivity contribution in [2.45, 2.75) is 12.8 Å². The summed E-state index contributed by atoms with van der Waals surface area (Å²) in [5, 5.41) is 10.2. The van der Waals surface area contributed by atoms with E-state index in [9.17, 15) is 0 Å². The van der Waals surface area contributed by atoms with Crippen LogP contribution < -0.4 is 10.6 Å². The van der Waals surface area contributed by atoms with Crippen LogP contribution in [0.15, 0.2) is 70.6 Å². The zero-order chi connectivity index (χ0) is 25.6. The monoisotopic (exact) mass is 540 g/mol. The molecule has 0 saturated heterocycles. The first-order chi connectivity index (χ1) is 18.7. The highest BCUT2D eigenvalue weighted by molar-refractivity contribution is 6.39. The van der Waals surface area contributed by atoms with Crippen LogP contribution in [0, 0.1) is 0 Å². The molecule has 190 valence electrons. The third kappa shape index (κ3) is 4.05. The minimum absolute atomic E-state index is 0.716. The molecule has 2 aromatic heterocycles. The van der Waals surface area contributed by atoms with Crippen LogP contribution >= 0.6 is 23.2 Å². The summed E-state index contributed by atoms with van der Waals surface area (Å²) in [6.07, 6.45) is 2.14. The molecule has 0 unspecified atom stereocenters. The summed E-state index contributed by atoms with van der Waals surface area (Å²) in [6, 6.07) is 20.8. The Morgan fingerprint density at radius 2 is 0.974 bits per heavy atom. The standard InChI is InChI=1S/C30H26Cl2N6/c31-25-21-9-7-19(29-33-11-1-12-34-29)15-23(21)37-27(25)17-3-5-18(6-4-17)28-26(32)22-10-8-20(16-24(22)38-28)30-35-13-2-14-36-30/h3-10,15-16,37-38H,1-2,11-14H2,(H,33,34)(H,35,36). The van der Waals surface area contributed by atoms with Gasteiger partial charge in [0.15, 0.2) is 0 Å². The quantitative estimate of drug-likeness (QED) is 0.203. The number of benzene rings is 3. The van der Waals surface area contributed by atoms with E-state index in [2.05, 4.69) is 91.3 Å². The average molecular weight is 541 g/mol.